The Bertz CT molecular complexity index is 434. The Morgan fingerprint density at radius 2 is 2.00 bits per heavy atom. The molecule has 0 aliphatic rings. The van der Waals surface area contributed by atoms with E-state index in [0.717, 1.165) is 11.1 Å². The lowest BCUT2D eigenvalue weighted by Gasteiger charge is -2.10. The fourth-order valence-electron chi connectivity index (χ4n) is 1.44. The molecule has 1 rings (SSSR count). The molecule has 0 saturated carbocycles. The van der Waals surface area contributed by atoms with E-state index < -0.39 is 24.3 Å². The molecule has 6 nitrogen and oxygen atoms in total. The van der Waals surface area contributed by atoms with Gasteiger partial charge < -0.3 is 21.3 Å². The van der Waals surface area contributed by atoms with E-state index >= 15 is 0 Å². The van der Waals surface area contributed by atoms with Crippen LogP contribution in [0.25, 0.3) is 0 Å². The van der Waals surface area contributed by atoms with Crippen LogP contribution < -0.4 is 11.1 Å². The molecule has 0 heterocycles. The van der Waals surface area contributed by atoms with Crippen LogP contribution in [-0.4, -0.2) is 28.1 Å². The highest BCUT2D eigenvalue weighted by Crippen LogP contribution is 2.05. The first-order chi connectivity index (χ1) is 8.52. The van der Waals surface area contributed by atoms with Crippen molar-refractivity contribution in [2.45, 2.75) is 25.6 Å². The van der Waals surface area contributed by atoms with Gasteiger partial charge in [0.15, 0.2) is 0 Å². The lowest BCUT2D eigenvalue weighted by Crippen LogP contribution is -2.41. The van der Waals surface area contributed by atoms with Gasteiger partial charge in [0, 0.05) is 6.54 Å². The molecule has 0 aliphatic carbocycles. The lowest BCUT2D eigenvalue weighted by molar-refractivity contribution is -0.139. The summed E-state index contributed by atoms with van der Waals surface area (Å²) in [6, 6.07) is 6.03. The van der Waals surface area contributed by atoms with Crippen molar-refractivity contribution in [2.24, 2.45) is 5.73 Å². The van der Waals surface area contributed by atoms with Crippen LogP contribution in [0.1, 0.15) is 17.5 Å². The number of carbonyl (C=O) groups excluding carboxylic acids is 1. The van der Waals surface area contributed by atoms with Gasteiger partial charge in [-0.15, -0.1) is 0 Å². The van der Waals surface area contributed by atoms with Crippen molar-refractivity contribution in [3.63, 3.8) is 0 Å². The number of carboxylic acids is 1. The van der Waals surface area contributed by atoms with Gasteiger partial charge in [-0.2, -0.15) is 0 Å². The van der Waals surface area contributed by atoms with Gasteiger partial charge in [0.25, 0.3) is 0 Å². The minimum Gasteiger partial charge on any atom is -0.481 e. The predicted octanol–water partition coefficient (Wildman–Crippen LogP) is -0.403. The first-order valence-electron chi connectivity index (χ1n) is 5.46. The summed E-state index contributed by atoms with van der Waals surface area (Å²) in [5.41, 5.74) is 6.97. The molecule has 1 aromatic rings. The Labute approximate surface area is 104 Å². The minimum absolute atomic E-state index is 0.0691. The maximum absolute atomic E-state index is 11.5. The van der Waals surface area contributed by atoms with Crippen molar-refractivity contribution in [1.29, 1.82) is 0 Å². The smallest absolute Gasteiger partial charge is 0.305 e. The summed E-state index contributed by atoms with van der Waals surface area (Å²) >= 11 is 0. The first kappa shape index (κ1) is 14.1. The molecule has 1 unspecified atom stereocenters. The van der Waals surface area contributed by atoms with Crippen LogP contribution in [0.2, 0.25) is 0 Å². The van der Waals surface area contributed by atoms with Crippen LogP contribution in [-0.2, 0) is 22.7 Å². The van der Waals surface area contributed by atoms with Crippen LogP contribution in [0, 0.1) is 0 Å². The van der Waals surface area contributed by atoms with Crippen molar-refractivity contribution in [3.8, 4) is 0 Å². The number of amides is 1. The van der Waals surface area contributed by atoms with E-state index in [1.165, 1.54) is 0 Å². The SMILES string of the molecule is NC(CC(=O)O)C(=O)NCc1cccc(CO)c1. The average molecular weight is 252 g/mol. The second-order valence-electron chi connectivity index (χ2n) is 3.90. The Balaban J connectivity index is 2.49. The van der Waals surface area contributed by atoms with Crippen LogP contribution in [0.15, 0.2) is 24.3 Å². The van der Waals surface area contributed by atoms with Gasteiger partial charge in [0.1, 0.15) is 0 Å². The molecule has 1 atom stereocenters. The molecule has 0 radical (unpaired) electrons. The maximum Gasteiger partial charge on any atom is 0.305 e. The topological polar surface area (TPSA) is 113 Å². The van der Waals surface area contributed by atoms with Gasteiger partial charge in [0.05, 0.1) is 19.1 Å². The highest BCUT2D eigenvalue weighted by molar-refractivity contribution is 5.85. The van der Waals surface area contributed by atoms with E-state index in [1.807, 2.05) is 0 Å². The van der Waals surface area contributed by atoms with Crippen molar-refractivity contribution in [1.82, 2.24) is 5.32 Å². The molecule has 0 aromatic heterocycles. The van der Waals surface area contributed by atoms with E-state index in [2.05, 4.69) is 5.32 Å². The number of aliphatic hydroxyl groups excluding tert-OH is 1. The molecule has 1 amide bonds. The molecular formula is C12H16N2O4. The Hall–Kier alpha value is -1.92. The number of hydrogen-bond donors (Lipinski definition) is 4. The summed E-state index contributed by atoms with van der Waals surface area (Å²) in [5, 5.41) is 20.0. The standard InChI is InChI=1S/C12H16N2O4/c13-10(5-11(16)17)12(18)14-6-8-2-1-3-9(4-8)7-15/h1-4,10,15H,5-7,13H2,(H,14,18)(H,16,17). The molecular weight excluding hydrogens is 236 g/mol. The van der Waals surface area contributed by atoms with E-state index in [9.17, 15) is 9.59 Å². The summed E-state index contributed by atoms with van der Waals surface area (Å²) in [6.07, 6.45) is -0.400. The highest BCUT2D eigenvalue weighted by Gasteiger charge is 2.16. The molecule has 5 N–H and O–H groups in total. The van der Waals surface area contributed by atoms with Crippen LogP contribution in [0.3, 0.4) is 0 Å². The van der Waals surface area contributed by atoms with Crippen molar-refractivity contribution in [2.75, 3.05) is 0 Å². The fourth-order valence-corrected chi connectivity index (χ4v) is 1.44. The lowest BCUT2D eigenvalue weighted by atomic mass is 10.1. The molecule has 6 heteroatoms. The largest absolute Gasteiger partial charge is 0.481 e. The monoisotopic (exact) mass is 252 g/mol. The molecule has 18 heavy (non-hydrogen) atoms. The van der Waals surface area contributed by atoms with Crippen molar-refractivity contribution >= 4 is 11.9 Å². The number of nitrogens with one attached hydrogen (secondary N) is 1. The van der Waals surface area contributed by atoms with Gasteiger partial charge in [-0.3, -0.25) is 9.59 Å². The van der Waals surface area contributed by atoms with E-state index in [4.69, 9.17) is 15.9 Å². The van der Waals surface area contributed by atoms with Gasteiger partial charge in [-0.1, -0.05) is 24.3 Å². The summed E-state index contributed by atoms with van der Waals surface area (Å²) in [6.45, 7) is 0.181. The molecule has 0 spiro atoms. The van der Waals surface area contributed by atoms with Gasteiger partial charge >= 0.3 is 5.97 Å². The number of hydrogen-bond acceptors (Lipinski definition) is 4. The number of aliphatic hydroxyl groups is 1. The van der Waals surface area contributed by atoms with Crippen molar-refractivity contribution in [3.05, 3.63) is 35.4 Å². The zero-order chi connectivity index (χ0) is 13.5. The summed E-state index contributed by atoms with van der Waals surface area (Å²) < 4.78 is 0. The van der Waals surface area contributed by atoms with E-state index in [1.54, 1.807) is 24.3 Å². The molecule has 98 valence electrons. The van der Waals surface area contributed by atoms with Gasteiger partial charge in [-0.25, -0.2) is 0 Å². The number of aliphatic carboxylic acids is 1. The zero-order valence-corrected chi connectivity index (χ0v) is 9.80. The molecule has 1 aromatic carbocycles. The van der Waals surface area contributed by atoms with Crippen LogP contribution >= 0.6 is 0 Å². The third-order valence-corrected chi connectivity index (χ3v) is 2.37. The predicted molar refractivity (Wildman–Crippen MR) is 64.4 cm³/mol. The Morgan fingerprint density at radius 1 is 1.33 bits per heavy atom. The number of nitrogens with two attached hydrogens (primary N) is 1. The average Bonchev–Trinajstić information content (AvgIpc) is 2.35. The molecule has 0 bridgehead atoms. The zero-order valence-electron chi connectivity index (χ0n) is 9.80. The fraction of sp³-hybridized carbons (Fsp3) is 0.333. The van der Waals surface area contributed by atoms with Crippen LogP contribution in [0.4, 0.5) is 0 Å². The number of benzene rings is 1. The summed E-state index contributed by atoms with van der Waals surface area (Å²) in [5.74, 6) is -1.62. The third-order valence-electron chi connectivity index (χ3n) is 2.37. The number of carboxylic acid groups (broad SMARTS) is 1. The van der Waals surface area contributed by atoms with Gasteiger partial charge in [0.2, 0.25) is 5.91 Å². The summed E-state index contributed by atoms with van der Waals surface area (Å²) in [7, 11) is 0. The van der Waals surface area contributed by atoms with Crippen LogP contribution in [0.5, 0.6) is 0 Å². The van der Waals surface area contributed by atoms with Crippen molar-refractivity contribution < 1.29 is 19.8 Å². The maximum atomic E-state index is 11.5. The Morgan fingerprint density at radius 3 is 2.61 bits per heavy atom. The quantitative estimate of drug-likeness (QED) is 0.550. The normalized spacial score (nSPS) is 11.9. The second kappa shape index (κ2) is 6.73. The van der Waals surface area contributed by atoms with E-state index in [-0.39, 0.29) is 13.2 Å². The molecule has 0 fully saturated rings. The number of rotatable bonds is 6. The third kappa shape index (κ3) is 4.52. The Kier molecular flexibility index (Phi) is 5.29. The van der Waals surface area contributed by atoms with E-state index in [0.29, 0.717) is 0 Å². The number of carbonyl (C=O) groups is 2. The highest BCUT2D eigenvalue weighted by atomic mass is 16.4. The first-order valence-corrected chi connectivity index (χ1v) is 5.46. The second-order valence-corrected chi connectivity index (χ2v) is 3.90. The minimum atomic E-state index is -1.11. The molecule has 0 aliphatic heterocycles. The van der Waals surface area contributed by atoms with Gasteiger partial charge in [-0.05, 0) is 11.1 Å². The molecule has 0 saturated heterocycles. The summed E-state index contributed by atoms with van der Waals surface area (Å²) in [4.78, 5) is 21.8.